The number of nitrogens with one attached hydrogen (secondary N) is 1. The molecule has 0 bridgehead atoms. The highest BCUT2D eigenvalue weighted by Gasteiger charge is 2.25. The number of esters is 1. The van der Waals surface area contributed by atoms with Crippen LogP contribution >= 0.6 is 34.4 Å². The second-order valence-electron chi connectivity index (χ2n) is 8.35. The number of anilines is 1. The molecule has 1 aliphatic rings. The van der Waals surface area contributed by atoms with Gasteiger partial charge in [0.25, 0.3) is 0 Å². The fourth-order valence-corrected chi connectivity index (χ4v) is 6.89. The van der Waals surface area contributed by atoms with Crippen molar-refractivity contribution in [2.45, 2.75) is 65.1 Å². The first-order valence-corrected chi connectivity index (χ1v) is 14.2. The first-order valence-electron chi connectivity index (χ1n) is 11.5. The zero-order chi connectivity index (χ0) is 24.2. The molecule has 0 fully saturated rings. The van der Waals surface area contributed by atoms with Gasteiger partial charge in [-0.2, -0.15) is 0 Å². The molecule has 0 aliphatic heterocycles. The summed E-state index contributed by atoms with van der Waals surface area (Å²) in [6.45, 7) is 9.01. The average molecular weight is 520 g/mol. The lowest BCUT2D eigenvalue weighted by Gasteiger charge is -2.19. The Morgan fingerprint density at radius 3 is 2.91 bits per heavy atom. The summed E-state index contributed by atoms with van der Waals surface area (Å²) in [5, 5.41) is 15.1. The molecule has 1 aliphatic carbocycles. The molecule has 1 amide bonds. The number of amides is 1. The lowest BCUT2D eigenvalue weighted by molar-refractivity contribution is -0.113. The third-order valence-electron chi connectivity index (χ3n) is 5.64. The standard InChI is InChI=1S/C23H29N5O3S3/c1-5-9-28-20(16-11-32-17-10-13(3)7-8-15(16)17)26-27-23(28)33-12-18(29)25-22-24-14(4)19(34-22)21(30)31-6-2/h11,13H,5-10,12H2,1-4H3,(H,24,25,29). The predicted molar refractivity (Wildman–Crippen MR) is 137 cm³/mol. The summed E-state index contributed by atoms with van der Waals surface area (Å²) >= 11 is 4.31. The topological polar surface area (TPSA) is 99.0 Å². The number of nitrogens with zero attached hydrogens (tertiary/aromatic N) is 4. The number of carbonyl (C=O) groups is 2. The van der Waals surface area contributed by atoms with E-state index in [0.717, 1.165) is 54.0 Å². The Labute approximate surface area is 211 Å². The molecule has 0 spiro atoms. The van der Waals surface area contributed by atoms with E-state index in [2.05, 4.69) is 44.3 Å². The third kappa shape index (κ3) is 5.36. The number of aromatic nitrogens is 4. The van der Waals surface area contributed by atoms with Crippen LogP contribution < -0.4 is 5.32 Å². The Bertz CT molecular complexity index is 1180. The van der Waals surface area contributed by atoms with Crippen molar-refractivity contribution in [3.8, 4) is 11.4 Å². The number of thiophene rings is 1. The molecule has 182 valence electrons. The zero-order valence-corrected chi connectivity index (χ0v) is 22.3. The maximum absolute atomic E-state index is 12.6. The predicted octanol–water partition coefficient (Wildman–Crippen LogP) is 5.21. The zero-order valence-electron chi connectivity index (χ0n) is 19.8. The van der Waals surface area contributed by atoms with Gasteiger partial charge in [-0.15, -0.1) is 21.5 Å². The molecule has 0 saturated heterocycles. The first kappa shape index (κ1) is 24.9. The monoisotopic (exact) mass is 519 g/mol. The summed E-state index contributed by atoms with van der Waals surface area (Å²) in [6.07, 6.45) is 4.37. The number of aryl methyl sites for hydroxylation is 1. The molecule has 8 nitrogen and oxygen atoms in total. The highest BCUT2D eigenvalue weighted by Crippen LogP contribution is 2.38. The van der Waals surface area contributed by atoms with Crippen molar-refractivity contribution in [2.24, 2.45) is 5.92 Å². The van der Waals surface area contributed by atoms with E-state index in [1.165, 1.54) is 34.2 Å². The molecule has 1 N–H and O–H groups in total. The average Bonchev–Trinajstić information content (AvgIpc) is 3.49. The van der Waals surface area contributed by atoms with Crippen molar-refractivity contribution in [3.63, 3.8) is 0 Å². The summed E-state index contributed by atoms with van der Waals surface area (Å²) in [6, 6.07) is 0. The Kier molecular flexibility index (Phi) is 8.05. The molecular formula is C23H29N5O3S3. The van der Waals surface area contributed by atoms with E-state index < -0.39 is 5.97 Å². The quantitative estimate of drug-likeness (QED) is 0.306. The van der Waals surface area contributed by atoms with Gasteiger partial charge in [-0.05, 0) is 51.0 Å². The number of hydrogen-bond acceptors (Lipinski definition) is 9. The van der Waals surface area contributed by atoms with Crippen molar-refractivity contribution in [1.29, 1.82) is 0 Å². The van der Waals surface area contributed by atoms with Crippen molar-refractivity contribution in [3.05, 3.63) is 26.4 Å². The Hall–Kier alpha value is -2.24. The van der Waals surface area contributed by atoms with Crippen LogP contribution in [0.5, 0.6) is 0 Å². The van der Waals surface area contributed by atoms with E-state index in [0.29, 0.717) is 22.3 Å². The third-order valence-corrected chi connectivity index (χ3v) is 8.71. The van der Waals surface area contributed by atoms with Crippen LogP contribution in [0.3, 0.4) is 0 Å². The van der Waals surface area contributed by atoms with Gasteiger partial charge in [0.15, 0.2) is 16.1 Å². The Morgan fingerprint density at radius 1 is 1.32 bits per heavy atom. The molecule has 1 unspecified atom stereocenters. The van der Waals surface area contributed by atoms with Gasteiger partial charge in [0.05, 0.1) is 18.1 Å². The minimum absolute atomic E-state index is 0.175. The number of rotatable bonds is 9. The Balaban J connectivity index is 1.45. The fraction of sp³-hybridized carbons (Fsp3) is 0.522. The number of ether oxygens (including phenoxy) is 1. The van der Waals surface area contributed by atoms with Gasteiger partial charge in [0.2, 0.25) is 5.91 Å². The molecule has 3 heterocycles. The molecule has 4 rings (SSSR count). The summed E-state index contributed by atoms with van der Waals surface area (Å²) in [7, 11) is 0. The van der Waals surface area contributed by atoms with Crippen LogP contribution in [-0.2, 0) is 28.9 Å². The molecule has 1 atom stereocenters. The van der Waals surface area contributed by atoms with Crippen molar-refractivity contribution in [2.75, 3.05) is 17.7 Å². The highest BCUT2D eigenvalue weighted by molar-refractivity contribution is 7.99. The minimum Gasteiger partial charge on any atom is -0.462 e. The number of thioether (sulfide) groups is 1. The second-order valence-corrected chi connectivity index (χ2v) is 11.3. The van der Waals surface area contributed by atoms with Gasteiger partial charge < -0.3 is 14.6 Å². The molecule has 3 aromatic rings. The van der Waals surface area contributed by atoms with E-state index in [1.807, 2.05) is 11.3 Å². The van der Waals surface area contributed by atoms with Crippen LogP contribution in [0.25, 0.3) is 11.4 Å². The number of carbonyl (C=O) groups excluding carboxylic acids is 2. The van der Waals surface area contributed by atoms with Crippen molar-refractivity contribution < 1.29 is 14.3 Å². The molecule has 0 saturated carbocycles. The summed E-state index contributed by atoms with van der Waals surface area (Å²) in [4.78, 5) is 30.7. The fourth-order valence-electron chi connectivity index (χ4n) is 4.01. The van der Waals surface area contributed by atoms with Crippen molar-refractivity contribution >= 4 is 51.4 Å². The van der Waals surface area contributed by atoms with E-state index in [-0.39, 0.29) is 11.7 Å². The van der Waals surface area contributed by atoms with Crippen LogP contribution in [0.1, 0.15) is 59.4 Å². The van der Waals surface area contributed by atoms with Gasteiger partial charge in [-0.3, -0.25) is 4.79 Å². The van der Waals surface area contributed by atoms with E-state index in [1.54, 1.807) is 13.8 Å². The highest BCUT2D eigenvalue weighted by atomic mass is 32.2. The number of hydrogen-bond donors (Lipinski definition) is 1. The van der Waals surface area contributed by atoms with Crippen LogP contribution in [0, 0.1) is 12.8 Å². The van der Waals surface area contributed by atoms with Crippen molar-refractivity contribution in [1.82, 2.24) is 19.7 Å². The summed E-state index contributed by atoms with van der Waals surface area (Å²) < 4.78 is 7.17. The van der Waals surface area contributed by atoms with Crippen LogP contribution in [0.4, 0.5) is 5.13 Å². The van der Waals surface area contributed by atoms with E-state index in [4.69, 9.17) is 4.74 Å². The van der Waals surface area contributed by atoms with E-state index in [9.17, 15) is 9.59 Å². The molecule has 0 radical (unpaired) electrons. The summed E-state index contributed by atoms with van der Waals surface area (Å²) in [5.41, 5.74) is 3.15. The van der Waals surface area contributed by atoms with Gasteiger partial charge in [-0.25, -0.2) is 9.78 Å². The Morgan fingerprint density at radius 2 is 2.15 bits per heavy atom. The minimum atomic E-state index is -0.419. The molecular weight excluding hydrogens is 490 g/mol. The maximum atomic E-state index is 12.6. The van der Waals surface area contributed by atoms with Crippen LogP contribution in [-0.4, -0.2) is 44.0 Å². The lowest BCUT2D eigenvalue weighted by atomic mass is 9.88. The number of thiazole rings is 1. The van der Waals surface area contributed by atoms with Crippen LogP contribution in [0.15, 0.2) is 10.5 Å². The second kappa shape index (κ2) is 11.0. The molecule has 3 aromatic heterocycles. The first-order chi connectivity index (χ1) is 16.4. The molecule has 0 aromatic carbocycles. The van der Waals surface area contributed by atoms with Gasteiger partial charge in [0.1, 0.15) is 4.88 Å². The normalized spacial score (nSPS) is 15.2. The van der Waals surface area contributed by atoms with E-state index >= 15 is 0 Å². The maximum Gasteiger partial charge on any atom is 0.350 e. The largest absolute Gasteiger partial charge is 0.462 e. The number of fused-ring (bicyclic) bond motifs is 1. The molecule has 11 heteroatoms. The van der Waals surface area contributed by atoms with Gasteiger partial charge in [-0.1, -0.05) is 36.9 Å². The van der Waals surface area contributed by atoms with Crippen LogP contribution in [0.2, 0.25) is 0 Å². The van der Waals surface area contributed by atoms with Gasteiger partial charge in [0, 0.05) is 22.4 Å². The van der Waals surface area contributed by atoms with Gasteiger partial charge >= 0.3 is 5.97 Å². The smallest absolute Gasteiger partial charge is 0.350 e. The summed E-state index contributed by atoms with van der Waals surface area (Å²) in [5.74, 6) is 1.17. The molecule has 34 heavy (non-hydrogen) atoms. The SMILES string of the molecule is CCCn1c(SCC(=O)Nc2nc(C)c(C(=O)OCC)s2)nnc1-c1csc2c1CCC(C)C2. The lowest BCUT2D eigenvalue weighted by Crippen LogP contribution is -2.14.